The minimum Gasteiger partial charge on any atom is -0.311 e. The van der Waals surface area contributed by atoms with Crippen molar-refractivity contribution < 1.29 is 0 Å². The highest BCUT2D eigenvalue weighted by Crippen LogP contribution is 2.42. The summed E-state index contributed by atoms with van der Waals surface area (Å²) in [6, 6.07) is 101. The molecule has 0 unspecified atom stereocenters. The molecule has 0 amide bonds. The van der Waals surface area contributed by atoms with Crippen molar-refractivity contribution in [2.75, 3.05) is 4.90 Å². The van der Waals surface area contributed by atoms with Crippen LogP contribution < -0.4 is 4.90 Å². The lowest BCUT2D eigenvalue weighted by atomic mass is 9.93. The van der Waals surface area contributed by atoms with Crippen LogP contribution in [0, 0.1) is 0 Å². The van der Waals surface area contributed by atoms with Gasteiger partial charge in [-0.1, -0.05) is 218 Å². The highest BCUT2D eigenvalue weighted by atomic mass is 15.1. The van der Waals surface area contributed by atoms with Crippen molar-refractivity contribution in [2.45, 2.75) is 0 Å². The molecule has 2 nitrogen and oxygen atoms in total. The van der Waals surface area contributed by atoms with E-state index in [0.717, 1.165) is 28.3 Å². The number of fused-ring (bicyclic) bond motifs is 3. The number of para-hydroxylation sites is 3. The van der Waals surface area contributed by atoms with E-state index in [2.05, 4.69) is 289 Å². The summed E-state index contributed by atoms with van der Waals surface area (Å²) in [4.78, 5) is 2.36. The fourth-order valence-corrected chi connectivity index (χ4v) is 9.89. The number of nitrogens with zero attached hydrogens (tertiary/aromatic N) is 2. The van der Waals surface area contributed by atoms with E-state index in [1.165, 1.54) is 83.0 Å². The first-order chi connectivity index (χ1) is 33.7. The second-order valence-corrected chi connectivity index (χ2v) is 17.3. The van der Waals surface area contributed by atoms with E-state index in [0.29, 0.717) is 0 Å². The molecule has 0 aliphatic heterocycles. The van der Waals surface area contributed by atoms with E-state index in [9.17, 15) is 0 Å². The lowest BCUT2D eigenvalue weighted by Crippen LogP contribution is -2.09. The van der Waals surface area contributed by atoms with Gasteiger partial charge in [-0.2, -0.15) is 0 Å². The Kier molecular flexibility index (Phi) is 10.6. The normalized spacial score (nSPS) is 11.2. The molecule has 0 aliphatic rings. The van der Waals surface area contributed by atoms with Gasteiger partial charge in [0.1, 0.15) is 0 Å². The average Bonchev–Trinajstić information content (AvgIpc) is 3.76. The van der Waals surface area contributed by atoms with Crippen LogP contribution in [0.2, 0.25) is 0 Å². The molecule has 12 aromatic rings. The van der Waals surface area contributed by atoms with E-state index < -0.39 is 0 Å². The van der Waals surface area contributed by atoms with Crippen LogP contribution in [0.25, 0.3) is 94.3 Å². The molecule has 0 saturated carbocycles. The van der Waals surface area contributed by atoms with Gasteiger partial charge in [0.15, 0.2) is 0 Å². The quantitative estimate of drug-likeness (QED) is 0.133. The van der Waals surface area contributed by atoms with Gasteiger partial charge in [-0.15, -0.1) is 0 Å². The lowest BCUT2D eigenvalue weighted by molar-refractivity contribution is 1.18. The van der Waals surface area contributed by atoms with Crippen molar-refractivity contribution in [1.29, 1.82) is 0 Å². The molecule has 1 aromatic heterocycles. The van der Waals surface area contributed by atoms with Gasteiger partial charge < -0.3 is 9.47 Å². The molecule has 2 heteroatoms. The summed E-state index contributed by atoms with van der Waals surface area (Å²) in [6.07, 6.45) is 0. The molecule has 12 rings (SSSR count). The Hall–Kier alpha value is -8.98. The van der Waals surface area contributed by atoms with Crippen LogP contribution in [0.4, 0.5) is 17.1 Å². The van der Waals surface area contributed by atoms with Gasteiger partial charge in [-0.3, -0.25) is 0 Å². The Bertz CT molecular complexity index is 3630. The first-order valence-electron chi connectivity index (χ1n) is 23.3. The molecule has 0 saturated heterocycles. The smallest absolute Gasteiger partial charge is 0.0541 e. The summed E-state index contributed by atoms with van der Waals surface area (Å²) in [5.74, 6) is 0. The van der Waals surface area contributed by atoms with Crippen molar-refractivity contribution in [2.24, 2.45) is 0 Å². The summed E-state index contributed by atoms with van der Waals surface area (Å²) in [7, 11) is 0. The van der Waals surface area contributed by atoms with Crippen molar-refractivity contribution in [1.82, 2.24) is 4.57 Å². The van der Waals surface area contributed by atoms with E-state index in [1.807, 2.05) is 0 Å². The molecule has 11 aromatic carbocycles. The van der Waals surface area contributed by atoms with E-state index >= 15 is 0 Å². The number of hydrogen-bond donors (Lipinski definition) is 0. The predicted octanol–water partition coefficient (Wildman–Crippen LogP) is 18.3. The van der Waals surface area contributed by atoms with Gasteiger partial charge in [0.25, 0.3) is 0 Å². The largest absolute Gasteiger partial charge is 0.311 e. The zero-order valence-corrected chi connectivity index (χ0v) is 37.5. The van der Waals surface area contributed by atoms with Gasteiger partial charge in [0.05, 0.1) is 16.7 Å². The molecular formula is C66H46N2. The maximum absolute atomic E-state index is 2.42. The summed E-state index contributed by atoms with van der Waals surface area (Å²) in [6.45, 7) is 0. The topological polar surface area (TPSA) is 8.17 Å². The number of aromatic nitrogens is 1. The Morgan fingerprint density at radius 1 is 0.221 bits per heavy atom. The molecule has 0 spiro atoms. The van der Waals surface area contributed by atoms with Gasteiger partial charge in [-0.05, 0) is 122 Å². The zero-order chi connectivity index (χ0) is 45.2. The molecule has 0 fully saturated rings. The molecule has 68 heavy (non-hydrogen) atoms. The summed E-state index contributed by atoms with van der Waals surface area (Å²) >= 11 is 0. The highest BCUT2D eigenvalue weighted by molar-refractivity contribution is 6.10. The van der Waals surface area contributed by atoms with Crippen LogP contribution in [0.3, 0.4) is 0 Å². The predicted molar refractivity (Wildman–Crippen MR) is 288 cm³/mol. The molecule has 0 aliphatic carbocycles. The second kappa shape index (κ2) is 17.8. The van der Waals surface area contributed by atoms with Gasteiger partial charge in [0.2, 0.25) is 0 Å². The van der Waals surface area contributed by atoms with Crippen LogP contribution in [0.5, 0.6) is 0 Å². The second-order valence-electron chi connectivity index (χ2n) is 17.3. The SMILES string of the molecule is c1ccc(-c2ccc(-c3ccc(N(c4ccc(-c5cccc(-c6ccccc6)c5)cc4)c4ccc(-c5ccccc5-c5ccccc5-n5c6ccccc6c6ccccc65)cc4)cc3)cc2)cc1. The molecule has 1 heterocycles. The summed E-state index contributed by atoms with van der Waals surface area (Å²) < 4.78 is 2.42. The minimum absolute atomic E-state index is 1.08. The fourth-order valence-electron chi connectivity index (χ4n) is 9.89. The zero-order valence-electron chi connectivity index (χ0n) is 37.5. The third-order valence-corrected chi connectivity index (χ3v) is 13.3. The standard InChI is InChI=1S/C66H46N2/c1-3-16-47(17-4-1)49-30-32-50(33-31-49)51-34-40-56(41-35-51)67(57-42-36-52(37-43-57)55-21-15-20-54(46-55)48-18-5-2-6-19-48)58-44-38-53(39-45-58)59-22-7-8-23-60(59)61-24-9-12-27-64(61)68-65-28-13-10-25-62(65)63-26-11-14-29-66(63)68/h1-46H. The van der Waals surface area contributed by atoms with Crippen molar-refractivity contribution >= 4 is 38.9 Å². The van der Waals surface area contributed by atoms with Crippen molar-refractivity contribution in [3.63, 3.8) is 0 Å². The average molecular weight is 867 g/mol. The van der Waals surface area contributed by atoms with Crippen LogP contribution in [-0.4, -0.2) is 4.57 Å². The first-order valence-corrected chi connectivity index (χ1v) is 23.3. The molecule has 0 bridgehead atoms. The molecule has 0 radical (unpaired) electrons. The van der Waals surface area contributed by atoms with E-state index in [-0.39, 0.29) is 0 Å². The van der Waals surface area contributed by atoms with Crippen LogP contribution >= 0.6 is 0 Å². The Labute approximate surface area is 397 Å². The minimum atomic E-state index is 1.08. The van der Waals surface area contributed by atoms with E-state index in [4.69, 9.17) is 0 Å². The van der Waals surface area contributed by atoms with Crippen LogP contribution in [-0.2, 0) is 0 Å². The Morgan fingerprint density at radius 3 is 1.07 bits per heavy atom. The number of anilines is 3. The van der Waals surface area contributed by atoms with Crippen molar-refractivity contribution in [3.05, 3.63) is 279 Å². The van der Waals surface area contributed by atoms with Gasteiger partial charge in [-0.25, -0.2) is 0 Å². The lowest BCUT2D eigenvalue weighted by Gasteiger charge is -2.26. The fraction of sp³-hybridized carbons (Fsp3) is 0. The number of benzene rings is 11. The number of rotatable bonds is 10. The van der Waals surface area contributed by atoms with E-state index in [1.54, 1.807) is 0 Å². The number of hydrogen-bond acceptors (Lipinski definition) is 1. The van der Waals surface area contributed by atoms with Crippen molar-refractivity contribution in [3.8, 4) is 72.4 Å². The molecule has 320 valence electrons. The van der Waals surface area contributed by atoms with Crippen LogP contribution in [0.1, 0.15) is 0 Å². The Balaban J connectivity index is 0.913. The van der Waals surface area contributed by atoms with Gasteiger partial charge in [0, 0.05) is 33.4 Å². The maximum atomic E-state index is 2.42. The van der Waals surface area contributed by atoms with Crippen LogP contribution in [0.15, 0.2) is 279 Å². The third kappa shape index (κ3) is 7.64. The summed E-state index contributed by atoms with van der Waals surface area (Å²) in [5, 5.41) is 2.51. The maximum Gasteiger partial charge on any atom is 0.0541 e. The molecule has 0 atom stereocenters. The first kappa shape index (κ1) is 40.5. The third-order valence-electron chi connectivity index (χ3n) is 13.3. The highest BCUT2D eigenvalue weighted by Gasteiger charge is 2.19. The molecule has 0 N–H and O–H groups in total. The van der Waals surface area contributed by atoms with Gasteiger partial charge >= 0.3 is 0 Å². The molecular weight excluding hydrogens is 821 g/mol. The monoisotopic (exact) mass is 866 g/mol. The Morgan fingerprint density at radius 2 is 0.559 bits per heavy atom. The summed E-state index contributed by atoms with van der Waals surface area (Å²) in [5.41, 5.74) is 21.1.